The molecule has 0 aliphatic rings. The van der Waals surface area contributed by atoms with E-state index in [1.54, 1.807) is 24.6 Å². The van der Waals surface area contributed by atoms with E-state index in [9.17, 15) is 4.79 Å². The number of methoxy groups -OCH3 is 1. The van der Waals surface area contributed by atoms with Crippen molar-refractivity contribution in [3.63, 3.8) is 0 Å². The predicted octanol–water partition coefficient (Wildman–Crippen LogP) is 3.66. The molecule has 1 amide bonds. The van der Waals surface area contributed by atoms with Gasteiger partial charge in [-0.1, -0.05) is 15.9 Å². The Hall–Kier alpha value is -1.53. The fourth-order valence-electron chi connectivity index (χ4n) is 1.71. The molecule has 0 aliphatic carbocycles. The summed E-state index contributed by atoms with van der Waals surface area (Å²) in [7, 11) is 1.57. The van der Waals surface area contributed by atoms with Crippen molar-refractivity contribution in [1.82, 2.24) is 0 Å². The van der Waals surface area contributed by atoms with E-state index in [4.69, 9.17) is 10.5 Å². The molecule has 0 saturated heterocycles. The lowest BCUT2D eigenvalue weighted by molar-refractivity contribution is 0.103. The summed E-state index contributed by atoms with van der Waals surface area (Å²) in [5, 5.41) is 4.63. The topological polar surface area (TPSA) is 64.3 Å². The van der Waals surface area contributed by atoms with Crippen LogP contribution in [-0.2, 0) is 0 Å². The van der Waals surface area contributed by atoms with Crippen LogP contribution in [0.5, 0.6) is 5.75 Å². The maximum Gasteiger partial charge on any atom is 0.267 e. The first-order valence-corrected chi connectivity index (χ1v) is 7.18. The van der Waals surface area contributed by atoms with Crippen LogP contribution in [0.15, 0.2) is 28.1 Å². The smallest absolute Gasteiger partial charge is 0.267 e. The number of amides is 1. The van der Waals surface area contributed by atoms with Crippen LogP contribution < -0.4 is 15.8 Å². The van der Waals surface area contributed by atoms with Crippen LogP contribution >= 0.6 is 27.3 Å². The molecule has 2 rings (SSSR count). The molecule has 0 saturated carbocycles. The molecule has 0 bridgehead atoms. The van der Waals surface area contributed by atoms with Gasteiger partial charge in [0.25, 0.3) is 5.91 Å². The van der Waals surface area contributed by atoms with Gasteiger partial charge in [-0.05, 0) is 36.1 Å². The number of hydrogen-bond acceptors (Lipinski definition) is 4. The number of hydrogen-bond donors (Lipinski definition) is 2. The van der Waals surface area contributed by atoms with Crippen molar-refractivity contribution in [2.24, 2.45) is 0 Å². The van der Waals surface area contributed by atoms with Crippen molar-refractivity contribution in [2.45, 2.75) is 6.92 Å². The first kappa shape index (κ1) is 13.9. The SMILES string of the molecule is COc1cc(Br)cc(C)c1NC(=O)c1sccc1N. The van der Waals surface area contributed by atoms with Crippen molar-refractivity contribution >= 4 is 44.5 Å². The molecule has 0 aliphatic heterocycles. The molecule has 3 N–H and O–H groups in total. The molecule has 1 aromatic heterocycles. The molecule has 0 atom stereocenters. The van der Waals surface area contributed by atoms with Gasteiger partial charge in [0, 0.05) is 4.47 Å². The van der Waals surface area contributed by atoms with Crippen LogP contribution in [0, 0.1) is 6.92 Å². The molecule has 1 heterocycles. The van der Waals surface area contributed by atoms with E-state index in [0.29, 0.717) is 22.0 Å². The second kappa shape index (κ2) is 5.63. The molecule has 0 radical (unpaired) electrons. The Labute approximate surface area is 123 Å². The van der Waals surface area contributed by atoms with Crippen LogP contribution in [0.3, 0.4) is 0 Å². The molecular formula is C13H13BrN2O2S. The van der Waals surface area contributed by atoms with Crippen LogP contribution in [0.25, 0.3) is 0 Å². The monoisotopic (exact) mass is 340 g/mol. The van der Waals surface area contributed by atoms with Gasteiger partial charge < -0.3 is 15.8 Å². The Morgan fingerprint density at radius 2 is 2.21 bits per heavy atom. The Morgan fingerprint density at radius 1 is 1.47 bits per heavy atom. The summed E-state index contributed by atoms with van der Waals surface area (Å²) in [6.45, 7) is 1.90. The highest BCUT2D eigenvalue weighted by molar-refractivity contribution is 9.10. The maximum atomic E-state index is 12.2. The van der Waals surface area contributed by atoms with E-state index in [-0.39, 0.29) is 5.91 Å². The van der Waals surface area contributed by atoms with Crippen molar-refractivity contribution in [2.75, 3.05) is 18.2 Å². The summed E-state index contributed by atoms with van der Waals surface area (Å²) in [6, 6.07) is 5.43. The summed E-state index contributed by atoms with van der Waals surface area (Å²) < 4.78 is 6.18. The molecule has 2 aromatic rings. The average Bonchev–Trinajstić information content (AvgIpc) is 2.78. The zero-order valence-corrected chi connectivity index (χ0v) is 12.9. The standard InChI is InChI=1S/C13H13BrN2O2S/c1-7-5-8(14)6-10(18-2)11(7)16-13(17)12-9(15)3-4-19-12/h3-6H,15H2,1-2H3,(H,16,17). The Morgan fingerprint density at radius 3 is 2.79 bits per heavy atom. The molecule has 100 valence electrons. The van der Waals surface area contributed by atoms with E-state index < -0.39 is 0 Å². The highest BCUT2D eigenvalue weighted by Gasteiger charge is 2.15. The fraction of sp³-hybridized carbons (Fsp3) is 0.154. The van der Waals surface area contributed by atoms with E-state index in [2.05, 4.69) is 21.2 Å². The van der Waals surface area contributed by atoms with Gasteiger partial charge in [-0.15, -0.1) is 11.3 Å². The lowest BCUT2D eigenvalue weighted by atomic mass is 10.2. The number of nitrogens with two attached hydrogens (primary N) is 1. The van der Waals surface area contributed by atoms with E-state index in [1.165, 1.54) is 11.3 Å². The molecule has 0 unspecified atom stereocenters. The van der Waals surface area contributed by atoms with Crippen molar-refractivity contribution in [3.8, 4) is 5.75 Å². The quantitative estimate of drug-likeness (QED) is 0.895. The minimum Gasteiger partial charge on any atom is -0.495 e. The van der Waals surface area contributed by atoms with Crippen LogP contribution in [-0.4, -0.2) is 13.0 Å². The number of anilines is 2. The number of rotatable bonds is 3. The molecule has 0 spiro atoms. The normalized spacial score (nSPS) is 10.3. The number of halogens is 1. The zero-order chi connectivity index (χ0) is 14.0. The molecule has 4 nitrogen and oxygen atoms in total. The van der Waals surface area contributed by atoms with Crippen molar-refractivity contribution in [1.29, 1.82) is 0 Å². The number of thiophene rings is 1. The zero-order valence-electron chi connectivity index (χ0n) is 10.5. The lowest BCUT2D eigenvalue weighted by Gasteiger charge is -2.13. The van der Waals surface area contributed by atoms with Gasteiger partial charge in [-0.25, -0.2) is 0 Å². The van der Waals surface area contributed by atoms with Crippen LogP contribution in [0.2, 0.25) is 0 Å². The van der Waals surface area contributed by atoms with E-state index >= 15 is 0 Å². The third kappa shape index (κ3) is 2.90. The molecule has 19 heavy (non-hydrogen) atoms. The average molecular weight is 341 g/mol. The van der Waals surface area contributed by atoms with Crippen molar-refractivity contribution in [3.05, 3.63) is 38.5 Å². The molecular weight excluding hydrogens is 328 g/mol. The van der Waals surface area contributed by atoms with E-state index in [1.807, 2.05) is 13.0 Å². The Balaban J connectivity index is 2.34. The minimum absolute atomic E-state index is 0.226. The van der Waals surface area contributed by atoms with E-state index in [0.717, 1.165) is 10.0 Å². The molecule has 0 fully saturated rings. The lowest BCUT2D eigenvalue weighted by Crippen LogP contribution is -2.13. The number of carbonyl (C=O) groups is 1. The van der Waals surface area contributed by atoms with Gasteiger partial charge in [-0.2, -0.15) is 0 Å². The molecule has 1 aromatic carbocycles. The maximum absolute atomic E-state index is 12.2. The Bertz CT molecular complexity index is 625. The van der Waals surface area contributed by atoms with Crippen LogP contribution in [0.1, 0.15) is 15.2 Å². The van der Waals surface area contributed by atoms with Gasteiger partial charge >= 0.3 is 0 Å². The largest absolute Gasteiger partial charge is 0.495 e. The molecule has 6 heteroatoms. The summed E-state index contributed by atoms with van der Waals surface area (Å²) >= 11 is 4.71. The highest BCUT2D eigenvalue weighted by atomic mass is 79.9. The second-order valence-corrected chi connectivity index (χ2v) is 5.79. The first-order chi connectivity index (χ1) is 9.02. The fourth-order valence-corrected chi connectivity index (χ4v) is 2.97. The number of nitrogens with one attached hydrogen (secondary N) is 1. The van der Waals surface area contributed by atoms with Gasteiger partial charge in [0.05, 0.1) is 18.5 Å². The number of carbonyl (C=O) groups excluding carboxylic acids is 1. The summed E-state index contributed by atoms with van der Waals surface area (Å²) in [4.78, 5) is 12.7. The third-order valence-corrected chi connectivity index (χ3v) is 4.01. The number of ether oxygens (including phenoxy) is 1. The Kier molecular flexibility index (Phi) is 4.11. The highest BCUT2D eigenvalue weighted by Crippen LogP contribution is 2.33. The number of benzene rings is 1. The summed E-state index contributed by atoms with van der Waals surface area (Å²) in [5.74, 6) is 0.381. The van der Waals surface area contributed by atoms with Gasteiger partial charge in [0.15, 0.2) is 0 Å². The van der Waals surface area contributed by atoms with Gasteiger partial charge in [0.2, 0.25) is 0 Å². The summed E-state index contributed by atoms with van der Waals surface area (Å²) in [6.07, 6.45) is 0. The minimum atomic E-state index is -0.226. The first-order valence-electron chi connectivity index (χ1n) is 5.51. The number of nitrogen functional groups attached to an aromatic ring is 1. The summed E-state index contributed by atoms with van der Waals surface area (Å²) in [5.41, 5.74) is 7.79. The van der Waals surface area contributed by atoms with Gasteiger partial charge in [0.1, 0.15) is 10.6 Å². The predicted molar refractivity (Wildman–Crippen MR) is 82.1 cm³/mol. The second-order valence-electron chi connectivity index (χ2n) is 3.96. The number of aryl methyl sites for hydroxylation is 1. The van der Waals surface area contributed by atoms with Crippen LogP contribution in [0.4, 0.5) is 11.4 Å². The third-order valence-electron chi connectivity index (χ3n) is 2.62. The van der Waals surface area contributed by atoms with Crippen molar-refractivity contribution < 1.29 is 9.53 Å². The van der Waals surface area contributed by atoms with Gasteiger partial charge in [-0.3, -0.25) is 4.79 Å².